The number of hydrogen-bond donors (Lipinski definition) is 0. The average molecular weight is 162 g/mol. The molecule has 0 N–H and O–H groups in total. The zero-order chi connectivity index (χ0) is 2.00. The van der Waals surface area contributed by atoms with Gasteiger partial charge in [0, 0.05) is 19.5 Å². The molecule has 0 saturated heterocycles. The van der Waals surface area contributed by atoms with Gasteiger partial charge in [0.05, 0.1) is 0 Å². The smallest absolute Gasteiger partial charge is 0 e. The SMILES string of the molecule is [CH3-].[O]=[Zn].[Zn]. The third-order valence-corrected chi connectivity index (χ3v) is 0. The molecule has 0 aliphatic heterocycles. The van der Waals surface area contributed by atoms with E-state index in [4.69, 9.17) is 3.57 Å². The van der Waals surface area contributed by atoms with Crippen molar-refractivity contribution in [2.45, 2.75) is 0 Å². The minimum atomic E-state index is 0. The molecule has 4 heavy (non-hydrogen) atoms. The number of rotatable bonds is 0. The minimum Gasteiger partial charge on any atom is 0 e. The molecular weight excluding hydrogens is 159 g/mol. The van der Waals surface area contributed by atoms with Crippen LogP contribution in [0, 0.1) is 7.43 Å². The molecule has 0 amide bonds. The van der Waals surface area contributed by atoms with Gasteiger partial charge in [-0.2, -0.15) is 0 Å². The standard InChI is InChI=1S/CH3.O.2Zn/h1H3;;;/q-1;;;. The van der Waals surface area contributed by atoms with Crippen LogP contribution in [-0.4, -0.2) is 0 Å². The van der Waals surface area contributed by atoms with Gasteiger partial charge in [-0.15, -0.1) is 0 Å². The zero-order valence-corrected chi connectivity index (χ0v) is 8.76. The van der Waals surface area contributed by atoms with Crippen molar-refractivity contribution in [2.24, 2.45) is 0 Å². The Hall–Kier alpha value is 1.05. The average Bonchev–Trinajstić information content (AvgIpc) is 1.00. The molecule has 0 aliphatic carbocycles. The van der Waals surface area contributed by atoms with Gasteiger partial charge in [-0.25, -0.2) is 0 Å². The first-order valence-electron chi connectivity index (χ1n) is 0.289. The van der Waals surface area contributed by atoms with Gasteiger partial charge >= 0.3 is 21.8 Å². The van der Waals surface area contributed by atoms with E-state index in [-0.39, 0.29) is 45.2 Å². The summed E-state index contributed by atoms with van der Waals surface area (Å²) in [6.07, 6.45) is 0. The largest absolute Gasteiger partial charge is 0 e. The molecule has 0 aromatic heterocycles. The zero-order valence-electron chi connectivity index (χ0n) is 2.82. The quantitative estimate of drug-likeness (QED) is 0.370. The van der Waals surface area contributed by atoms with Crippen molar-refractivity contribution in [3.63, 3.8) is 0 Å². The van der Waals surface area contributed by atoms with Crippen LogP contribution >= 0.6 is 0 Å². The third kappa shape index (κ3) is 11.6. The molecule has 0 aromatic carbocycles. The molecule has 0 rings (SSSR count). The van der Waals surface area contributed by atoms with Crippen LogP contribution in [0.5, 0.6) is 0 Å². The van der Waals surface area contributed by atoms with Crippen molar-refractivity contribution in [1.29, 1.82) is 0 Å². The van der Waals surface area contributed by atoms with E-state index in [1.54, 1.807) is 0 Å². The van der Waals surface area contributed by atoms with Gasteiger partial charge in [0.15, 0.2) is 0 Å². The van der Waals surface area contributed by atoms with Crippen molar-refractivity contribution in [2.75, 3.05) is 0 Å². The molecule has 0 atom stereocenters. The summed E-state index contributed by atoms with van der Waals surface area (Å²) in [5.41, 5.74) is 0. The van der Waals surface area contributed by atoms with Gasteiger partial charge in [0.1, 0.15) is 0 Å². The van der Waals surface area contributed by atoms with Crippen LogP contribution in [-0.2, 0) is 41.3 Å². The Morgan fingerprint density at radius 3 is 1.25 bits per heavy atom. The van der Waals surface area contributed by atoms with E-state index in [0.717, 1.165) is 0 Å². The van der Waals surface area contributed by atoms with Gasteiger partial charge in [0.2, 0.25) is 0 Å². The molecule has 3 heteroatoms. The summed E-state index contributed by atoms with van der Waals surface area (Å²) in [5, 5.41) is 0. The van der Waals surface area contributed by atoms with Crippen LogP contribution < -0.4 is 0 Å². The Bertz CT molecular complexity index is 6.00. The maximum Gasteiger partial charge on any atom is 0 e. The van der Waals surface area contributed by atoms with Gasteiger partial charge in [-0.05, 0) is 0 Å². The van der Waals surface area contributed by atoms with Gasteiger partial charge < -0.3 is 7.43 Å². The van der Waals surface area contributed by atoms with Crippen molar-refractivity contribution in [3.8, 4) is 0 Å². The van der Waals surface area contributed by atoms with E-state index in [1.165, 1.54) is 0 Å². The summed E-state index contributed by atoms with van der Waals surface area (Å²) in [5.74, 6) is 0. The van der Waals surface area contributed by atoms with E-state index in [1.807, 2.05) is 0 Å². The predicted octanol–water partition coefficient (Wildman–Crippen LogP) is 0.326. The first-order valence-corrected chi connectivity index (χ1v) is 1.50. The topological polar surface area (TPSA) is 17.1 Å². The summed E-state index contributed by atoms with van der Waals surface area (Å²) in [4.78, 5) is 0. The van der Waals surface area contributed by atoms with Gasteiger partial charge in [-0.1, -0.05) is 0 Å². The minimum absolute atomic E-state index is 0. The van der Waals surface area contributed by atoms with Crippen molar-refractivity contribution in [1.82, 2.24) is 0 Å². The molecule has 0 unspecified atom stereocenters. The van der Waals surface area contributed by atoms with Gasteiger partial charge in [0.25, 0.3) is 0 Å². The van der Waals surface area contributed by atoms with E-state index >= 15 is 0 Å². The summed E-state index contributed by atoms with van der Waals surface area (Å²) >= 11 is 0.125. The summed E-state index contributed by atoms with van der Waals surface area (Å²) in [6, 6.07) is 0. The van der Waals surface area contributed by atoms with E-state index in [0.29, 0.717) is 0 Å². The second-order valence-corrected chi connectivity index (χ2v) is 0. The van der Waals surface area contributed by atoms with Gasteiger partial charge in [-0.3, -0.25) is 0 Å². The molecule has 0 aliphatic rings. The van der Waals surface area contributed by atoms with Crippen molar-refractivity contribution >= 4 is 0 Å². The first kappa shape index (κ1) is 19.7. The maximum atomic E-state index is 8.38. The Kier molecular flexibility index (Phi) is 169. The molecule has 18 valence electrons. The van der Waals surface area contributed by atoms with Crippen LogP contribution in [0.3, 0.4) is 0 Å². The fourth-order valence-electron chi connectivity index (χ4n) is 0. The fourth-order valence-corrected chi connectivity index (χ4v) is 0. The van der Waals surface area contributed by atoms with Crippen molar-refractivity contribution in [3.05, 3.63) is 7.43 Å². The molecule has 0 heterocycles. The molecule has 0 fully saturated rings. The Morgan fingerprint density at radius 1 is 1.25 bits per heavy atom. The Balaban J connectivity index is -0.00000000500. The van der Waals surface area contributed by atoms with E-state index < -0.39 is 0 Å². The summed E-state index contributed by atoms with van der Waals surface area (Å²) < 4.78 is 8.38. The Labute approximate surface area is 48.9 Å². The number of hydrogen-bond acceptors (Lipinski definition) is 1. The van der Waals surface area contributed by atoms with Crippen LogP contribution in [0.1, 0.15) is 0 Å². The fraction of sp³-hybridized carbons (Fsp3) is 0. The van der Waals surface area contributed by atoms with E-state index in [9.17, 15) is 0 Å². The molecule has 0 saturated carbocycles. The first-order chi connectivity index (χ1) is 1.00. The van der Waals surface area contributed by atoms with Crippen LogP contribution in [0.2, 0.25) is 0 Å². The van der Waals surface area contributed by atoms with Crippen molar-refractivity contribution < 1.29 is 41.3 Å². The molecule has 0 spiro atoms. The van der Waals surface area contributed by atoms with Crippen LogP contribution in [0.15, 0.2) is 0 Å². The molecule has 0 bridgehead atoms. The maximum absolute atomic E-state index is 8.38. The third-order valence-electron chi connectivity index (χ3n) is 0. The molecule has 0 aromatic rings. The van der Waals surface area contributed by atoms with Crippen LogP contribution in [0.4, 0.5) is 0 Å². The van der Waals surface area contributed by atoms with Crippen LogP contribution in [0.25, 0.3) is 0 Å². The summed E-state index contributed by atoms with van der Waals surface area (Å²) in [6.45, 7) is 0. The van der Waals surface area contributed by atoms with E-state index in [2.05, 4.69) is 0 Å². The normalized spacial score (nSPS) is 1.50. The predicted molar refractivity (Wildman–Crippen MR) is 7.10 cm³/mol. The second-order valence-electron chi connectivity index (χ2n) is 0. The molecular formula is CH3OZn2-. The Morgan fingerprint density at radius 2 is 1.25 bits per heavy atom. The summed E-state index contributed by atoms with van der Waals surface area (Å²) in [7, 11) is 0. The second kappa shape index (κ2) is 34.3. The molecule has 1 nitrogen and oxygen atoms in total. The molecule has 0 radical (unpaired) electrons. The monoisotopic (exact) mass is 159 g/mol.